The van der Waals surface area contributed by atoms with Gasteiger partial charge in [0.1, 0.15) is 0 Å². The number of hydrogen-bond acceptors (Lipinski definition) is 4. The first-order chi connectivity index (χ1) is 10.5. The number of aliphatic hydroxyl groups is 1. The van der Waals surface area contributed by atoms with Gasteiger partial charge in [0.15, 0.2) is 0 Å². The predicted octanol–water partition coefficient (Wildman–Crippen LogP) is 2.04. The molecule has 0 radical (unpaired) electrons. The van der Waals surface area contributed by atoms with E-state index >= 15 is 0 Å². The maximum atomic E-state index is 10.7. The van der Waals surface area contributed by atoms with E-state index in [0.29, 0.717) is 0 Å². The first kappa shape index (κ1) is 15.4. The summed E-state index contributed by atoms with van der Waals surface area (Å²) in [4.78, 5) is 8.88. The van der Waals surface area contributed by atoms with Crippen LogP contribution in [0.2, 0.25) is 0 Å². The van der Waals surface area contributed by atoms with Crippen LogP contribution in [-0.4, -0.2) is 59.2 Å². The minimum atomic E-state index is -0.583. The topological polar surface area (TPSA) is 39.6 Å². The van der Waals surface area contributed by atoms with Crippen LogP contribution < -0.4 is 0 Å². The summed E-state index contributed by atoms with van der Waals surface area (Å²) in [6.07, 6.45) is 2.68. The van der Waals surface area contributed by atoms with Crippen LogP contribution in [0, 0.1) is 6.92 Å². The molecule has 0 amide bonds. The molecule has 0 saturated carbocycles. The van der Waals surface area contributed by atoms with Crippen LogP contribution in [0.3, 0.4) is 0 Å². The Morgan fingerprint density at radius 3 is 2.91 bits per heavy atom. The second kappa shape index (κ2) is 5.95. The van der Waals surface area contributed by atoms with Gasteiger partial charge in [-0.25, -0.2) is 0 Å². The van der Waals surface area contributed by atoms with Gasteiger partial charge in [0, 0.05) is 37.8 Å². The van der Waals surface area contributed by atoms with E-state index in [0.717, 1.165) is 38.1 Å². The van der Waals surface area contributed by atoms with Gasteiger partial charge in [-0.05, 0) is 50.7 Å². The molecule has 4 nitrogen and oxygen atoms in total. The summed E-state index contributed by atoms with van der Waals surface area (Å²) < 4.78 is 0. The number of pyridine rings is 1. The number of aromatic nitrogens is 1. The SMILES string of the molecule is Cc1ccc2ncccc2c1CN1CCC(O)(CN(C)C)C1. The lowest BCUT2D eigenvalue weighted by Gasteiger charge is -2.27. The molecular formula is C18H25N3O. The van der Waals surface area contributed by atoms with Gasteiger partial charge in [0.2, 0.25) is 0 Å². The van der Waals surface area contributed by atoms with Crippen LogP contribution in [-0.2, 0) is 6.54 Å². The van der Waals surface area contributed by atoms with Crippen LogP contribution in [0.15, 0.2) is 30.5 Å². The molecule has 2 heterocycles. The average molecular weight is 299 g/mol. The van der Waals surface area contributed by atoms with Crippen molar-refractivity contribution in [3.05, 3.63) is 41.6 Å². The Morgan fingerprint density at radius 2 is 2.14 bits per heavy atom. The third kappa shape index (κ3) is 3.14. The molecule has 1 aromatic heterocycles. The number of rotatable bonds is 4. The second-order valence-corrected chi connectivity index (χ2v) is 6.85. The fourth-order valence-corrected chi connectivity index (χ4v) is 3.55. The third-order valence-electron chi connectivity index (χ3n) is 4.53. The summed E-state index contributed by atoms with van der Waals surface area (Å²) in [5.74, 6) is 0. The van der Waals surface area contributed by atoms with E-state index in [-0.39, 0.29) is 0 Å². The van der Waals surface area contributed by atoms with Crippen molar-refractivity contribution in [1.82, 2.24) is 14.8 Å². The van der Waals surface area contributed by atoms with Gasteiger partial charge in [0.25, 0.3) is 0 Å². The average Bonchev–Trinajstić information content (AvgIpc) is 2.82. The molecule has 2 aromatic rings. The van der Waals surface area contributed by atoms with Gasteiger partial charge >= 0.3 is 0 Å². The van der Waals surface area contributed by atoms with E-state index in [1.165, 1.54) is 16.5 Å². The summed E-state index contributed by atoms with van der Waals surface area (Å²) in [6.45, 7) is 5.44. The van der Waals surface area contributed by atoms with E-state index in [2.05, 4.69) is 39.9 Å². The molecule has 0 aliphatic carbocycles. The van der Waals surface area contributed by atoms with Crippen molar-refractivity contribution >= 4 is 10.9 Å². The van der Waals surface area contributed by atoms with Gasteiger partial charge in [-0.3, -0.25) is 9.88 Å². The van der Waals surface area contributed by atoms with E-state index in [4.69, 9.17) is 0 Å². The third-order valence-corrected chi connectivity index (χ3v) is 4.53. The highest BCUT2D eigenvalue weighted by atomic mass is 16.3. The number of likely N-dealkylation sites (tertiary alicyclic amines) is 1. The lowest BCUT2D eigenvalue weighted by atomic mass is 10.0. The van der Waals surface area contributed by atoms with Crippen molar-refractivity contribution in [2.45, 2.75) is 25.5 Å². The Labute approximate surface area is 132 Å². The lowest BCUT2D eigenvalue weighted by Crippen LogP contribution is -2.42. The molecule has 118 valence electrons. The van der Waals surface area contributed by atoms with Gasteiger partial charge < -0.3 is 10.0 Å². The Morgan fingerprint density at radius 1 is 1.32 bits per heavy atom. The maximum absolute atomic E-state index is 10.7. The maximum Gasteiger partial charge on any atom is 0.0912 e. The zero-order chi connectivity index (χ0) is 15.7. The van der Waals surface area contributed by atoms with Crippen LogP contribution in [0.4, 0.5) is 0 Å². The fourth-order valence-electron chi connectivity index (χ4n) is 3.55. The number of β-amino-alcohol motifs (C(OH)–C–C–N with tert-alkyl or cyclic N) is 1. The molecule has 3 rings (SSSR count). The molecule has 22 heavy (non-hydrogen) atoms. The highest BCUT2D eigenvalue weighted by Crippen LogP contribution is 2.27. The molecule has 4 heteroatoms. The van der Waals surface area contributed by atoms with Gasteiger partial charge in [-0.15, -0.1) is 0 Å². The quantitative estimate of drug-likeness (QED) is 0.938. The summed E-state index contributed by atoms with van der Waals surface area (Å²) in [5, 5.41) is 11.9. The summed E-state index contributed by atoms with van der Waals surface area (Å²) in [5.41, 5.74) is 3.09. The normalized spacial score (nSPS) is 22.8. The van der Waals surface area contributed by atoms with E-state index in [1.807, 2.05) is 26.4 Å². The zero-order valence-corrected chi connectivity index (χ0v) is 13.7. The molecule has 1 aliphatic heterocycles. The Hall–Kier alpha value is -1.49. The van der Waals surface area contributed by atoms with Crippen molar-refractivity contribution in [2.24, 2.45) is 0 Å². The van der Waals surface area contributed by atoms with Crippen molar-refractivity contribution in [2.75, 3.05) is 33.7 Å². The summed E-state index contributed by atoms with van der Waals surface area (Å²) in [6, 6.07) is 8.37. The van der Waals surface area contributed by atoms with E-state index in [1.54, 1.807) is 0 Å². The van der Waals surface area contributed by atoms with E-state index < -0.39 is 5.60 Å². The number of fused-ring (bicyclic) bond motifs is 1. The van der Waals surface area contributed by atoms with Crippen molar-refractivity contribution in [3.63, 3.8) is 0 Å². The van der Waals surface area contributed by atoms with Crippen LogP contribution in [0.5, 0.6) is 0 Å². The molecule has 0 spiro atoms. The highest BCUT2D eigenvalue weighted by Gasteiger charge is 2.36. The first-order valence-electron chi connectivity index (χ1n) is 7.89. The number of likely N-dealkylation sites (N-methyl/N-ethyl adjacent to an activating group) is 1. The van der Waals surface area contributed by atoms with Crippen LogP contribution >= 0.6 is 0 Å². The van der Waals surface area contributed by atoms with Crippen molar-refractivity contribution in [1.29, 1.82) is 0 Å². The van der Waals surface area contributed by atoms with Gasteiger partial charge in [-0.1, -0.05) is 12.1 Å². The van der Waals surface area contributed by atoms with Crippen LogP contribution in [0.1, 0.15) is 17.5 Å². The monoisotopic (exact) mass is 299 g/mol. The fraction of sp³-hybridized carbons (Fsp3) is 0.500. The Bertz CT molecular complexity index is 670. The summed E-state index contributed by atoms with van der Waals surface area (Å²) in [7, 11) is 4.03. The minimum absolute atomic E-state index is 0.583. The van der Waals surface area contributed by atoms with Gasteiger partial charge in [-0.2, -0.15) is 0 Å². The van der Waals surface area contributed by atoms with Crippen molar-refractivity contribution in [3.8, 4) is 0 Å². The van der Waals surface area contributed by atoms with E-state index in [9.17, 15) is 5.11 Å². The number of nitrogens with zero attached hydrogens (tertiary/aromatic N) is 3. The molecule has 1 aromatic carbocycles. The van der Waals surface area contributed by atoms with Crippen molar-refractivity contribution < 1.29 is 5.11 Å². The lowest BCUT2D eigenvalue weighted by molar-refractivity contribution is 0.0240. The van der Waals surface area contributed by atoms with Crippen LogP contribution in [0.25, 0.3) is 10.9 Å². The number of aryl methyl sites for hydroxylation is 1. The Kier molecular flexibility index (Phi) is 4.17. The molecule has 1 unspecified atom stereocenters. The predicted molar refractivity (Wildman–Crippen MR) is 89.9 cm³/mol. The minimum Gasteiger partial charge on any atom is -0.387 e. The number of benzene rings is 1. The zero-order valence-electron chi connectivity index (χ0n) is 13.7. The smallest absolute Gasteiger partial charge is 0.0912 e. The largest absolute Gasteiger partial charge is 0.387 e. The molecule has 1 aliphatic rings. The second-order valence-electron chi connectivity index (χ2n) is 6.85. The summed E-state index contributed by atoms with van der Waals surface area (Å²) >= 11 is 0. The molecule has 1 atom stereocenters. The Balaban J connectivity index is 1.81. The molecular weight excluding hydrogens is 274 g/mol. The standard InChI is InChI=1S/C18H25N3O/c1-14-6-7-17-15(5-4-9-19-17)16(14)11-21-10-8-18(22,13-21)12-20(2)3/h4-7,9,22H,8,10-13H2,1-3H3. The molecule has 1 saturated heterocycles. The molecule has 1 fully saturated rings. The first-order valence-corrected chi connectivity index (χ1v) is 7.89. The highest BCUT2D eigenvalue weighted by molar-refractivity contribution is 5.83. The molecule has 1 N–H and O–H groups in total. The number of hydrogen-bond donors (Lipinski definition) is 1. The van der Waals surface area contributed by atoms with Gasteiger partial charge in [0.05, 0.1) is 11.1 Å². The molecule has 0 bridgehead atoms.